The van der Waals surface area contributed by atoms with Crippen LogP contribution in [0.25, 0.3) is 10.8 Å². The molecule has 5 fully saturated rings. The fourth-order valence-electron chi connectivity index (χ4n) is 12.9. The Balaban J connectivity index is 0.778. The Morgan fingerprint density at radius 3 is 2.31 bits per heavy atom. The minimum atomic E-state index is -2.09. The number of rotatable bonds is 12. The lowest BCUT2D eigenvalue weighted by Crippen LogP contribution is -2.70. The summed E-state index contributed by atoms with van der Waals surface area (Å²) in [5.74, 6) is -5.15. The Labute approximate surface area is 378 Å². The maximum Gasteiger partial charge on any atom is 0.309 e. The van der Waals surface area contributed by atoms with Crippen molar-refractivity contribution in [1.29, 1.82) is 0 Å². The Morgan fingerprint density at radius 2 is 1.60 bits per heavy atom. The zero-order valence-corrected chi connectivity index (χ0v) is 37.6. The molecule has 65 heavy (non-hydrogen) atoms. The summed E-state index contributed by atoms with van der Waals surface area (Å²) in [6, 6.07) is 15.2. The molecule has 344 valence electrons. The number of ketones is 3. The number of allylic oxidation sites excluding steroid dienone is 4. The average molecular weight is 891 g/mol. The van der Waals surface area contributed by atoms with Gasteiger partial charge in [-0.25, -0.2) is 4.39 Å². The van der Waals surface area contributed by atoms with Gasteiger partial charge in [-0.1, -0.05) is 61.0 Å². The highest BCUT2D eigenvalue weighted by molar-refractivity contribution is 6.01. The van der Waals surface area contributed by atoms with Gasteiger partial charge >= 0.3 is 11.9 Å². The van der Waals surface area contributed by atoms with Gasteiger partial charge in [-0.2, -0.15) is 0 Å². The molecular weight excluding hydrogens is 832 g/mol. The van der Waals surface area contributed by atoms with E-state index < -0.39 is 88.0 Å². The van der Waals surface area contributed by atoms with E-state index in [9.17, 15) is 29.1 Å². The van der Waals surface area contributed by atoms with Crippen LogP contribution in [0.1, 0.15) is 102 Å². The van der Waals surface area contributed by atoms with E-state index in [0.717, 1.165) is 27.5 Å². The van der Waals surface area contributed by atoms with Gasteiger partial charge in [-0.05, 0) is 118 Å². The quantitative estimate of drug-likeness (QED) is 0.180. The summed E-state index contributed by atoms with van der Waals surface area (Å²) in [5, 5.41) is 13.9. The SMILES string of the molecule is CC1(C)O[C@@H]2C[C@H]3[C@@H]4CCC5=CC(=O)C=C[C@]5(C)[C@@]4(F)[C@@H](O)C[C@]3(C)[C@]2(C(=O)COC(=O)C2CCC(C(=O)OCc3ccc([C@@H](CN)C(=O)Cc4ccc5cnccc5c4)cc3)CC2)O1. The van der Waals surface area contributed by atoms with E-state index >= 15 is 4.39 Å². The van der Waals surface area contributed by atoms with Gasteiger partial charge in [0.25, 0.3) is 0 Å². The van der Waals surface area contributed by atoms with E-state index in [1.807, 2.05) is 55.5 Å². The van der Waals surface area contributed by atoms with E-state index in [2.05, 4.69) is 4.98 Å². The molecule has 1 saturated heterocycles. The summed E-state index contributed by atoms with van der Waals surface area (Å²) in [6.07, 6.45) is 8.73. The first-order valence-corrected chi connectivity index (χ1v) is 23.1. The number of nitrogens with zero attached hydrogens (tertiary/aromatic N) is 1. The van der Waals surface area contributed by atoms with Crippen LogP contribution in [0, 0.1) is 34.5 Å². The number of aliphatic hydroxyl groups is 1. The van der Waals surface area contributed by atoms with Crippen molar-refractivity contribution in [2.24, 2.45) is 40.2 Å². The van der Waals surface area contributed by atoms with Gasteiger partial charge in [-0.3, -0.25) is 29.0 Å². The summed E-state index contributed by atoms with van der Waals surface area (Å²) < 4.78 is 42.2. The predicted octanol–water partition coefficient (Wildman–Crippen LogP) is 6.92. The Morgan fingerprint density at radius 1 is 0.908 bits per heavy atom. The number of pyridine rings is 1. The highest BCUT2D eigenvalue weighted by Gasteiger charge is 2.80. The molecule has 3 N–H and O–H groups in total. The van der Waals surface area contributed by atoms with Gasteiger partial charge in [0.2, 0.25) is 5.78 Å². The molecule has 1 aliphatic heterocycles. The zero-order valence-electron chi connectivity index (χ0n) is 37.6. The molecule has 3 aromatic rings. The summed E-state index contributed by atoms with van der Waals surface area (Å²) in [6.45, 7) is 6.72. The van der Waals surface area contributed by atoms with Crippen LogP contribution >= 0.6 is 0 Å². The van der Waals surface area contributed by atoms with E-state index in [1.165, 1.54) is 12.2 Å². The molecule has 0 radical (unpaired) electrons. The van der Waals surface area contributed by atoms with Crippen molar-refractivity contribution >= 4 is 40.1 Å². The second kappa shape index (κ2) is 16.7. The molecule has 0 spiro atoms. The monoisotopic (exact) mass is 890 g/mol. The smallest absolute Gasteiger partial charge is 0.309 e. The van der Waals surface area contributed by atoms with Gasteiger partial charge in [0, 0.05) is 47.5 Å². The number of Topliss-reactive ketones (excluding diaryl/α,β-unsaturated/α-hetero) is 2. The van der Waals surface area contributed by atoms with Crippen molar-refractivity contribution in [3.63, 3.8) is 0 Å². The first-order valence-electron chi connectivity index (χ1n) is 23.1. The maximum absolute atomic E-state index is 17.8. The predicted molar refractivity (Wildman–Crippen MR) is 236 cm³/mol. The van der Waals surface area contributed by atoms with Gasteiger partial charge in [-0.15, -0.1) is 0 Å². The second-order valence-corrected chi connectivity index (χ2v) is 20.3. The third-order valence-electron chi connectivity index (χ3n) is 16.3. The fraction of sp³-hybridized carbons (Fsp3) is 0.538. The van der Waals surface area contributed by atoms with Crippen molar-refractivity contribution < 1.29 is 52.4 Å². The van der Waals surface area contributed by atoms with Crippen molar-refractivity contribution in [3.8, 4) is 0 Å². The standard InChI is InChI=1S/C52H59FN2O10/c1-48(2)64-45-24-41-40-16-15-37-23-38(56)17-19-49(37,3)51(40,53)43(58)25-50(41,4)52(45,65-48)44(59)29-63-47(61)34-13-11-33(12-14-34)46(60)62-28-30-5-8-32(9-6-30)39(26-54)42(57)22-31-7-10-36-27-55-20-18-35(36)21-31/h5-10,17-21,23,27,33-34,39-41,43,45,58H,11-16,22,24-26,28-29,54H2,1-4H3/t33?,34?,39-,40+,41+,43+,45-,49+,50+,51+,52-/m1/s1. The third-order valence-corrected chi connectivity index (χ3v) is 16.3. The number of halogens is 1. The molecule has 0 bridgehead atoms. The number of alkyl halides is 1. The summed E-state index contributed by atoms with van der Waals surface area (Å²) >= 11 is 0. The molecule has 9 rings (SSSR count). The molecule has 2 aromatic carbocycles. The fourth-order valence-corrected chi connectivity index (χ4v) is 12.9. The summed E-state index contributed by atoms with van der Waals surface area (Å²) in [5.41, 5.74) is 3.29. The molecule has 5 aliphatic carbocycles. The lowest BCUT2D eigenvalue weighted by molar-refractivity contribution is -0.246. The molecule has 0 amide bonds. The molecule has 1 aromatic heterocycles. The molecule has 12 nitrogen and oxygen atoms in total. The van der Waals surface area contributed by atoms with Crippen LogP contribution in [0.5, 0.6) is 0 Å². The molecule has 6 aliphatic rings. The van der Waals surface area contributed by atoms with Crippen LogP contribution in [0.2, 0.25) is 0 Å². The van der Waals surface area contributed by atoms with Crippen molar-refractivity contribution in [1.82, 2.24) is 4.98 Å². The lowest BCUT2D eigenvalue weighted by atomic mass is 9.44. The van der Waals surface area contributed by atoms with E-state index in [0.29, 0.717) is 50.5 Å². The molecule has 2 heterocycles. The number of nitrogens with two attached hydrogens (primary N) is 1. The number of aliphatic hydroxyl groups excluding tert-OH is 1. The topological polar surface area (TPSA) is 181 Å². The van der Waals surface area contributed by atoms with Crippen molar-refractivity contribution in [3.05, 3.63) is 101 Å². The minimum absolute atomic E-state index is 0.0155. The van der Waals surface area contributed by atoms with Gasteiger partial charge in [0.1, 0.15) is 12.4 Å². The van der Waals surface area contributed by atoms with Gasteiger partial charge in [0.15, 0.2) is 29.4 Å². The summed E-state index contributed by atoms with van der Waals surface area (Å²) in [7, 11) is 0. The van der Waals surface area contributed by atoms with Crippen LogP contribution in [0.15, 0.2) is 84.7 Å². The van der Waals surface area contributed by atoms with Crippen LogP contribution in [0.4, 0.5) is 4.39 Å². The highest BCUT2D eigenvalue weighted by Crippen LogP contribution is 2.72. The molecular formula is C52H59FN2O10. The molecule has 13 heteroatoms. The molecule has 9 atom stereocenters. The Bertz CT molecular complexity index is 2480. The van der Waals surface area contributed by atoms with Gasteiger partial charge in [0.05, 0.1) is 30.0 Å². The summed E-state index contributed by atoms with van der Waals surface area (Å²) in [4.78, 5) is 71.0. The number of fused-ring (bicyclic) bond motifs is 8. The van der Waals surface area contributed by atoms with E-state index in [1.54, 1.807) is 39.2 Å². The molecule has 0 unspecified atom stereocenters. The number of esters is 2. The number of carbonyl (C=O) groups excluding carboxylic acids is 5. The average Bonchev–Trinajstić information content (AvgIpc) is 3.70. The number of aromatic nitrogens is 1. The van der Waals surface area contributed by atoms with Crippen LogP contribution in [-0.2, 0) is 55.9 Å². The number of hydrogen-bond donors (Lipinski definition) is 2. The minimum Gasteiger partial charge on any atom is -0.461 e. The largest absolute Gasteiger partial charge is 0.461 e. The molecule has 4 saturated carbocycles. The van der Waals surface area contributed by atoms with Crippen LogP contribution in [-0.4, -0.2) is 81.8 Å². The maximum atomic E-state index is 17.8. The Hall–Kier alpha value is -4.95. The first-order chi connectivity index (χ1) is 30.9. The van der Waals surface area contributed by atoms with Gasteiger partial charge < -0.3 is 29.8 Å². The highest BCUT2D eigenvalue weighted by atomic mass is 19.1. The Kier molecular flexibility index (Phi) is 11.6. The number of ether oxygens (including phenoxy) is 4. The lowest BCUT2D eigenvalue weighted by Gasteiger charge is -2.62. The van der Waals surface area contributed by atoms with Crippen LogP contribution < -0.4 is 5.73 Å². The first kappa shape index (κ1) is 45.2. The van der Waals surface area contributed by atoms with E-state index in [4.69, 9.17) is 24.7 Å². The van der Waals surface area contributed by atoms with Crippen molar-refractivity contribution in [2.75, 3.05) is 13.2 Å². The van der Waals surface area contributed by atoms with E-state index in [-0.39, 0.29) is 43.5 Å². The second-order valence-electron chi connectivity index (χ2n) is 20.3. The van der Waals surface area contributed by atoms with Crippen molar-refractivity contribution in [2.45, 2.75) is 127 Å². The third kappa shape index (κ3) is 7.50. The number of benzene rings is 2. The number of hydrogen-bond acceptors (Lipinski definition) is 12. The van der Waals surface area contributed by atoms with Crippen LogP contribution in [0.3, 0.4) is 0 Å². The normalized spacial score (nSPS) is 34.9. The number of carbonyl (C=O) groups is 5. The zero-order chi connectivity index (χ0) is 46.1.